The van der Waals surface area contributed by atoms with Gasteiger partial charge in [-0.15, -0.1) is 0 Å². The smallest absolute Gasteiger partial charge is 0.206 e. The molecule has 0 saturated heterocycles. The molecular weight excluding hydrogens is 316 g/mol. The molecule has 24 heavy (non-hydrogen) atoms. The highest BCUT2D eigenvalue weighted by Crippen LogP contribution is 2.27. The van der Waals surface area contributed by atoms with Crippen LogP contribution < -0.4 is 22.3 Å². The normalized spacial score (nSPS) is 16.0. The molecule has 2 nitrogen and oxygen atoms in total. The van der Waals surface area contributed by atoms with Crippen LogP contribution in [0.3, 0.4) is 0 Å². The lowest BCUT2D eigenvalue weighted by molar-refractivity contribution is -0.450. The first-order valence-corrected chi connectivity index (χ1v) is 8.07. The van der Waals surface area contributed by atoms with Gasteiger partial charge in [-0.3, -0.25) is 0 Å². The number of hydrogen-bond donors (Lipinski definition) is 1. The Labute approximate surface area is 150 Å². The summed E-state index contributed by atoms with van der Waals surface area (Å²) in [6.45, 7) is 3.06. The molecule has 124 valence electrons. The maximum atomic E-state index is 3.44. The average molecular weight is 339 g/mol. The third-order valence-electron chi connectivity index (χ3n) is 4.06. The van der Waals surface area contributed by atoms with E-state index in [-0.39, 0.29) is 12.4 Å². The zero-order valence-corrected chi connectivity index (χ0v) is 15.1. The Morgan fingerprint density at radius 2 is 1.58 bits per heavy atom. The maximum Gasteiger partial charge on any atom is 0.206 e. The molecule has 0 aromatic heterocycles. The van der Waals surface area contributed by atoms with Gasteiger partial charge in [0, 0.05) is 25.9 Å². The lowest BCUT2D eigenvalue weighted by Gasteiger charge is -2.14. The SMILES string of the molecule is CC[NH+]=C1C=CC(=Cc2ccc(N(C)C)cc2)c2ccccc21.[Cl-]. The molecule has 3 heteroatoms. The van der Waals surface area contributed by atoms with Crippen molar-refractivity contribution in [3.63, 3.8) is 0 Å². The van der Waals surface area contributed by atoms with Crippen LogP contribution in [-0.4, -0.2) is 26.4 Å². The van der Waals surface area contributed by atoms with Gasteiger partial charge in [-0.2, -0.15) is 0 Å². The van der Waals surface area contributed by atoms with Crippen molar-refractivity contribution in [2.24, 2.45) is 0 Å². The lowest BCUT2D eigenvalue weighted by Crippen LogP contribution is -3.00. The molecule has 1 N–H and O–H groups in total. The van der Waals surface area contributed by atoms with Gasteiger partial charge in [0.2, 0.25) is 5.71 Å². The minimum absolute atomic E-state index is 0. The number of rotatable bonds is 3. The molecule has 0 amide bonds. The highest BCUT2D eigenvalue weighted by atomic mass is 35.5. The number of allylic oxidation sites excluding steroid dienone is 3. The maximum absolute atomic E-state index is 3.44. The first-order valence-electron chi connectivity index (χ1n) is 8.07. The van der Waals surface area contributed by atoms with Gasteiger partial charge >= 0.3 is 0 Å². The fourth-order valence-corrected chi connectivity index (χ4v) is 2.84. The first-order chi connectivity index (χ1) is 11.2. The van der Waals surface area contributed by atoms with Crippen LogP contribution in [0.2, 0.25) is 0 Å². The van der Waals surface area contributed by atoms with Gasteiger partial charge in [0.05, 0.1) is 5.56 Å². The van der Waals surface area contributed by atoms with Crippen LogP contribution in [0, 0.1) is 0 Å². The molecule has 0 fully saturated rings. The summed E-state index contributed by atoms with van der Waals surface area (Å²) in [7, 11) is 4.12. The third-order valence-corrected chi connectivity index (χ3v) is 4.06. The number of benzene rings is 2. The van der Waals surface area contributed by atoms with E-state index in [9.17, 15) is 0 Å². The van der Waals surface area contributed by atoms with E-state index in [2.05, 4.69) is 97.7 Å². The highest BCUT2D eigenvalue weighted by molar-refractivity contribution is 6.14. The van der Waals surface area contributed by atoms with Crippen molar-refractivity contribution in [3.05, 3.63) is 77.4 Å². The van der Waals surface area contributed by atoms with Crippen LogP contribution >= 0.6 is 0 Å². The summed E-state index contributed by atoms with van der Waals surface area (Å²) in [6, 6.07) is 17.2. The Kier molecular flexibility index (Phi) is 5.99. The van der Waals surface area contributed by atoms with Crippen LogP contribution in [-0.2, 0) is 0 Å². The molecule has 0 atom stereocenters. The molecule has 0 radical (unpaired) electrons. The molecule has 0 heterocycles. The predicted molar refractivity (Wildman–Crippen MR) is 99.8 cm³/mol. The van der Waals surface area contributed by atoms with E-state index >= 15 is 0 Å². The second-order valence-electron chi connectivity index (χ2n) is 5.91. The third kappa shape index (κ3) is 3.77. The molecule has 0 bridgehead atoms. The average Bonchev–Trinajstić information content (AvgIpc) is 2.58. The molecular formula is C21H23ClN2. The van der Waals surface area contributed by atoms with Crippen LogP contribution in [0.1, 0.15) is 23.6 Å². The fraction of sp³-hybridized carbons (Fsp3) is 0.190. The van der Waals surface area contributed by atoms with E-state index in [0.29, 0.717) is 0 Å². The largest absolute Gasteiger partial charge is 1.00 e. The summed E-state index contributed by atoms with van der Waals surface area (Å²) in [5.41, 5.74) is 7.44. The van der Waals surface area contributed by atoms with Gasteiger partial charge in [-0.05, 0) is 54.0 Å². The van der Waals surface area contributed by atoms with E-state index in [4.69, 9.17) is 0 Å². The summed E-state index contributed by atoms with van der Waals surface area (Å²) in [4.78, 5) is 5.56. The number of nitrogens with zero attached hydrogens (tertiary/aromatic N) is 1. The number of nitrogens with one attached hydrogen (secondary N) is 1. The van der Waals surface area contributed by atoms with Crippen LogP contribution in [0.25, 0.3) is 11.6 Å². The topological polar surface area (TPSA) is 17.2 Å². The van der Waals surface area contributed by atoms with E-state index in [1.165, 1.54) is 33.7 Å². The van der Waals surface area contributed by atoms with E-state index < -0.39 is 0 Å². The number of anilines is 1. The summed E-state index contributed by atoms with van der Waals surface area (Å²) in [5, 5.41) is 0. The number of hydrogen-bond acceptors (Lipinski definition) is 1. The number of halogens is 1. The fourth-order valence-electron chi connectivity index (χ4n) is 2.84. The molecule has 1 aliphatic carbocycles. The van der Waals surface area contributed by atoms with Crippen LogP contribution in [0.5, 0.6) is 0 Å². The summed E-state index contributed by atoms with van der Waals surface area (Å²) in [6.07, 6.45) is 6.61. The molecule has 0 saturated carbocycles. The van der Waals surface area contributed by atoms with Crippen LogP contribution in [0.4, 0.5) is 5.69 Å². The molecule has 1 aliphatic rings. The van der Waals surface area contributed by atoms with E-state index in [0.717, 1.165) is 6.54 Å². The lowest BCUT2D eigenvalue weighted by atomic mass is 9.90. The van der Waals surface area contributed by atoms with Gasteiger partial charge in [-0.1, -0.05) is 30.3 Å². The predicted octanol–water partition coefficient (Wildman–Crippen LogP) is -0.243. The Balaban J connectivity index is 0.00000208. The monoisotopic (exact) mass is 338 g/mol. The Hall–Kier alpha value is -2.32. The second kappa shape index (κ2) is 7.98. The second-order valence-corrected chi connectivity index (χ2v) is 5.91. The van der Waals surface area contributed by atoms with Crippen molar-refractivity contribution < 1.29 is 17.4 Å². The Morgan fingerprint density at radius 3 is 2.21 bits per heavy atom. The van der Waals surface area contributed by atoms with E-state index in [1.807, 2.05) is 0 Å². The van der Waals surface area contributed by atoms with Gasteiger partial charge in [-0.25, -0.2) is 4.99 Å². The van der Waals surface area contributed by atoms with Crippen LogP contribution in [0.15, 0.2) is 60.7 Å². The van der Waals surface area contributed by atoms with Crippen molar-refractivity contribution in [2.75, 3.05) is 25.5 Å². The standard InChI is InChI=1S/C21H22N2.ClH/c1-4-22-21-14-11-17(19-7-5-6-8-20(19)21)15-16-9-12-18(13-10-16)23(2)3;/h5-15H,4H2,1-3H3;1H. The Bertz CT molecular complexity index is 784. The molecule has 3 rings (SSSR count). The molecule has 2 aromatic carbocycles. The summed E-state index contributed by atoms with van der Waals surface area (Å²) >= 11 is 0. The van der Waals surface area contributed by atoms with Crippen molar-refractivity contribution in [1.29, 1.82) is 0 Å². The van der Waals surface area contributed by atoms with Gasteiger partial charge in [0.25, 0.3) is 0 Å². The zero-order chi connectivity index (χ0) is 16.2. The van der Waals surface area contributed by atoms with Crippen molar-refractivity contribution >= 4 is 23.0 Å². The van der Waals surface area contributed by atoms with Crippen molar-refractivity contribution in [3.8, 4) is 0 Å². The molecule has 2 aromatic rings. The van der Waals surface area contributed by atoms with Gasteiger partial charge < -0.3 is 17.3 Å². The highest BCUT2D eigenvalue weighted by Gasteiger charge is 2.17. The molecule has 0 aliphatic heterocycles. The van der Waals surface area contributed by atoms with Crippen molar-refractivity contribution in [2.45, 2.75) is 6.92 Å². The summed E-state index contributed by atoms with van der Waals surface area (Å²) < 4.78 is 0. The van der Waals surface area contributed by atoms with E-state index in [1.54, 1.807) is 0 Å². The first kappa shape index (κ1) is 18.0. The van der Waals surface area contributed by atoms with Crippen molar-refractivity contribution in [1.82, 2.24) is 0 Å². The quantitative estimate of drug-likeness (QED) is 0.817. The van der Waals surface area contributed by atoms with Gasteiger partial charge in [0.15, 0.2) is 0 Å². The number of fused-ring (bicyclic) bond motifs is 1. The zero-order valence-electron chi connectivity index (χ0n) is 14.4. The minimum Gasteiger partial charge on any atom is -1.00 e. The minimum atomic E-state index is 0. The molecule has 0 spiro atoms. The van der Waals surface area contributed by atoms with Gasteiger partial charge in [0.1, 0.15) is 6.54 Å². The summed E-state index contributed by atoms with van der Waals surface area (Å²) in [5.74, 6) is 0. The Morgan fingerprint density at radius 1 is 0.917 bits per heavy atom. The molecule has 0 unspecified atom stereocenters.